The maximum Gasteiger partial charge on any atom is 0.337 e. The SMILES string of the molecule is O=C(NCC1CCCNC1)c1ccccc1.O=C(O)[C@H](O)c1ccccc1. The van der Waals surface area contributed by atoms with Crippen molar-refractivity contribution in [2.45, 2.75) is 18.9 Å². The average Bonchev–Trinajstić information content (AvgIpc) is 2.74. The highest BCUT2D eigenvalue weighted by atomic mass is 16.4. The number of hydrogen-bond acceptors (Lipinski definition) is 4. The first-order valence-electron chi connectivity index (χ1n) is 9.07. The molecular weight excluding hydrogens is 344 g/mol. The smallest absolute Gasteiger partial charge is 0.337 e. The van der Waals surface area contributed by atoms with Crippen molar-refractivity contribution in [2.24, 2.45) is 5.92 Å². The van der Waals surface area contributed by atoms with Gasteiger partial charge in [-0.15, -0.1) is 0 Å². The molecule has 0 aromatic heterocycles. The van der Waals surface area contributed by atoms with Crippen molar-refractivity contribution in [1.82, 2.24) is 10.6 Å². The van der Waals surface area contributed by atoms with E-state index in [4.69, 9.17) is 10.2 Å². The summed E-state index contributed by atoms with van der Waals surface area (Å²) in [4.78, 5) is 22.0. The highest BCUT2D eigenvalue weighted by Gasteiger charge is 2.14. The van der Waals surface area contributed by atoms with Gasteiger partial charge in [-0.1, -0.05) is 48.5 Å². The fourth-order valence-corrected chi connectivity index (χ4v) is 2.80. The van der Waals surface area contributed by atoms with Crippen LogP contribution in [0, 0.1) is 5.92 Å². The van der Waals surface area contributed by atoms with Gasteiger partial charge in [0.1, 0.15) is 0 Å². The molecule has 0 spiro atoms. The molecule has 0 aliphatic carbocycles. The van der Waals surface area contributed by atoms with Gasteiger partial charge in [0.15, 0.2) is 6.10 Å². The molecule has 1 heterocycles. The van der Waals surface area contributed by atoms with Gasteiger partial charge in [-0.2, -0.15) is 0 Å². The Morgan fingerprint density at radius 2 is 1.70 bits per heavy atom. The van der Waals surface area contributed by atoms with E-state index in [1.54, 1.807) is 30.3 Å². The molecule has 6 heteroatoms. The zero-order chi connectivity index (χ0) is 19.5. The van der Waals surface area contributed by atoms with E-state index in [1.807, 2.05) is 30.3 Å². The zero-order valence-electron chi connectivity index (χ0n) is 15.2. The molecule has 0 saturated carbocycles. The first kappa shape index (κ1) is 20.6. The molecule has 1 aliphatic heterocycles. The number of benzene rings is 2. The Kier molecular flexibility index (Phi) is 8.48. The van der Waals surface area contributed by atoms with Crippen LogP contribution in [0.1, 0.15) is 34.9 Å². The van der Waals surface area contributed by atoms with Crippen molar-refractivity contribution in [1.29, 1.82) is 0 Å². The van der Waals surface area contributed by atoms with Crippen molar-refractivity contribution in [3.63, 3.8) is 0 Å². The number of aliphatic hydroxyl groups excluding tert-OH is 1. The molecular formula is C21H26N2O4. The van der Waals surface area contributed by atoms with E-state index in [1.165, 1.54) is 12.8 Å². The normalized spacial score (nSPS) is 17.1. The summed E-state index contributed by atoms with van der Waals surface area (Å²) in [5.74, 6) is -0.608. The van der Waals surface area contributed by atoms with Gasteiger partial charge in [0.05, 0.1) is 0 Å². The van der Waals surface area contributed by atoms with Crippen LogP contribution in [-0.4, -0.2) is 41.7 Å². The third-order valence-corrected chi connectivity index (χ3v) is 4.34. The van der Waals surface area contributed by atoms with Crippen LogP contribution in [0.4, 0.5) is 0 Å². The number of carboxylic acids is 1. The lowest BCUT2D eigenvalue weighted by molar-refractivity contribution is -0.146. The molecule has 2 atom stereocenters. The number of amides is 1. The van der Waals surface area contributed by atoms with Crippen LogP contribution in [0.5, 0.6) is 0 Å². The summed E-state index contributed by atoms with van der Waals surface area (Å²) < 4.78 is 0. The molecule has 4 N–H and O–H groups in total. The molecule has 27 heavy (non-hydrogen) atoms. The van der Waals surface area contributed by atoms with Crippen molar-refractivity contribution >= 4 is 11.9 Å². The van der Waals surface area contributed by atoms with Crippen LogP contribution in [0.25, 0.3) is 0 Å². The molecule has 6 nitrogen and oxygen atoms in total. The van der Waals surface area contributed by atoms with Gasteiger partial charge in [0.25, 0.3) is 5.91 Å². The number of piperidine rings is 1. The molecule has 0 radical (unpaired) electrons. The largest absolute Gasteiger partial charge is 0.479 e. The minimum Gasteiger partial charge on any atom is -0.479 e. The minimum atomic E-state index is -1.41. The number of aliphatic hydroxyl groups is 1. The summed E-state index contributed by atoms with van der Waals surface area (Å²) in [6.07, 6.45) is 1.02. The fraction of sp³-hybridized carbons (Fsp3) is 0.333. The van der Waals surface area contributed by atoms with Gasteiger partial charge >= 0.3 is 5.97 Å². The Morgan fingerprint density at radius 1 is 1.07 bits per heavy atom. The van der Waals surface area contributed by atoms with Crippen molar-refractivity contribution in [3.8, 4) is 0 Å². The van der Waals surface area contributed by atoms with Crippen LogP contribution >= 0.6 is 0 Å². The number of hydrogen-bond donors (Lipinski definition) is 4. The van der Waals surface area contributed by atoms with Crippen LogP contribution in [0.15, 0.2) is 60.7 Å². The topological polar surface area (TPSA) is 98.7 Å². The first-order valence-corrected chi connectivity index (χ1v) is 9.07. The lowest BCUT2D eigenvalue weighted by Crippen LogP contribution is -2.38. The molecule has 0 bridgehead atoms. The third-order valence-electron chi connectivity index (χ3n) is 4.34. The Labute approximate surface area is 159 Å². The number of carboxylic acid groups (broad SMARTS) is 1. The van der Waals surface area contributed by atoms with Crippen LogP contribution < -0.4 is 10.6 Å². The maximum absolute atomic E-state index is 11.8. The van der Waals surface area contributed by atoms with Gasteiger partial charge in [0, 0.05) is 12.1 Å². The highest BCUT2D eigenvalue weighted by Crippen LogP contribution is 2.11. The van der Waals surface area contributed by atoms with E-state index < -0.39 is 12.1 Å². The Bertz CT molecular complexity index is 701. The van der Waals surface area contributed by atoms with Gasteiger partial charge < -0.3 is 20.8 Å². The second-order valence-corrected chi connectivity index (χ2v) is 6.44. The zero-order valence-corrected chi connectivity index (χ0v) is 15.2. The Balaban J connectivity index is 0.000000208. The van der Waals surface area contributed by atoms with E-state index in [9.17, 15) is 9.59 Å². The third kappa shape index (κ3) is 7.21. The molecule has 1 aliphatic rings. The molecule has 1 unspecified atom stereocenters. The molecule has 1 saturated heterocycles. The van der Waals surface area contributed by atoms with E-state index in [-0.39, 0.29) is 5.91 Å². The van der Waals surface area contributed by atoms with E-state index in [0.29, 0.717) is 11.5 Å². The van der Waals surface area contributed by atoms with E-state index in [2.05, 4.69) is 10.6 Å². The van der Waals surface area contributed by atoms with E-state index >= 15 is 0 Å². The van der Waals surface area contributed by atoms with Gasteiger partial charge in [-0.05, 0) is 49.5 Å². The number of carbonyl (C=O) groups is 2. The summed E-state index contributed by atoms with van der Waals surface area (Å²) in [7, 11) is 0. The molecule has 2 aromatic rings. The summed E-state index contributed by atoms with van der Waals surface area (Å²) in [5.41, 5.74) is 1.14. The second-order valence-electron chi connectivity index (χ2n) is 6.44. The standard InChI is InChI=1S/C13H18N2O.C8H8O3/c16-13(12-6-2-1-3-7-12)15-10-11-5-4-8-14-9-11;9-7(8(10)11)6-4-2-1-3-5-6/h1-3,6-7,11,14H,4-5,8-10H2,(H,15,16);1-5,7,9H,(H,10,11)/t;7-/m.1/s1. The summed E-state index contributed by atoms with van der Waals surface area (Å²) in [6, 6.07) is 17.6. The Morgan fingerprint density at radius 3 is 2.26 bits per heavy atom. The quantitative estimate of drug-likeness (QED) is 0.647. The average molecular weight is 370 g/mol. The lowest BCUT2D eigenvalue weighted by atomic mass is 10.00. The van der Waals surface area contributed by atoms with E-state index in [0.717, 1.165) is 25.2 Å². The van der Waals surface area contributed by atoms with Crippen LogP contribution in [0.3, 0.4) is 0 Å². The van der Waals surface area contributed by atoms with Gasteiger partial charge in [-0.3, -0.25) is 4.79 Å². The van der Waals surface area contributed by atoms with Crippen LogP contribution in [0.2, 0.25) is 0 Å². The summed E-state index contributed by atoms with van der Waals surface area (Å²) in [6.45, 7) is 2.92. The number of aliphatic carboxylic acids is 1. The predicted molar refractivity (Wildman–Crippen MR) is 103 cm³/mol. The fourth-order valence-electron chi connectivity index (χ4n) is 2.80. The highest BCUT2D eigenvalue weighted by molar-refractivity contribution is 5.94. The molecule has 1 amide bonds. The van der Waals surface area contributed by atoms with Gasteiger partial charge in [0.2, 0.25) is 0 Å². The number of nitrogens with one attached hydrogen (secondary N) is 2. The lowest BCUT2D eigenvalue weighted by Gasteiger charge is -2.22. The molecule has 144 valence electrons. The van der Waals surface area contributed by atoms with Crippen molar-refractivity contribution in [3.05, 3.63) is 71.8 Å². The van der Waals surface area contributed by atoms with Crippen LogP contribution in [-0.2, 0) is 4.79 Å². The summed E-state index contributed by atoms with van der Waals surface area (Å²) in [5, 5.41) is 23.7. The summed E-state index contributed by atoms with van der Waals surface area (Å²) >= 11 is 0. The minimum absolute atomic E-state index is 0.0335. The molecule has 2 aromatic carbocycles. The Hall–Kier alpha value is -2.70. The maximum atomic E-state index is 11.8. The first-order chi connectivity index (χ1) is 13.1. The number of rotatable bonds is 5. The molecule has 1 fully saturated rings. The monoisotopic (exact) mass is 370 g/mol. The molecule has 3 rings (SSSR count). The predicted octanol–water partition coefficient (Wildman–Crippen LogP) is 2.22. The number of carbonyl (C=O) groups excluding carboxylic acids is 1. The second kappa shape index (κ2) is 11.1. The van der Waals surface area contributed by atoms with Crippen molar-refractivity contribution in [2.75, 3.05) is 19.6 Å². The van der Waals surface area contributed by atoms with Crippen molar-refractivity contribution < 1.29 is 19.8 Å². The van der Waals surface area contributed by atoms with Gasteiger partial charge in [-0.25, -0.2) is 4.79 Å².